The minimum atomic E-state index is -2.26. The predicted molar refractivity (Wildman–Crippen MR) is 116 cm³/mol. The second-order valence-corrected chi connectivity index (χ2v) is 23.3. The normalized spacial score (nSPS) is 12.3. The molecule has 5 nitrogen and oxygen atoms in total. The molecule has 0 radical (unpaired) electrons. The summed E-state index contributed by atoms with van der Waals surface area (Å²) in [7, 11) is 1.73. The van der Waals surface area contributed by atoms with Crippen molar-refractivity contribution in [1.82, 2.24) is 14.3 Å². The summed E-state index contributed by atoms with van der Waals surface area (Å²) >= 11 is -2.26. The van der Waals surface area contributed by atoms with Crippen molar-refractivity contribution in [2.24, 2.45) is 13.0 Å². The number of hydrogen-bond acceptors (Lipinski definition) is 3. The fraction of sp³-hybridized carbons (Fsp3) is 0.429. The van der Waals surface area contributed by atoms with E-state index in [2.05, 4.69) is 56.7 Å². The molecule has 0 fully saturated rings. The number of hydrogen-bond donors (Lipinski definition) is 1. The first-order chi connectivity index (χ1) is 12.6. The molecule has 0 aliphatic heterocycles. The van der Waals surface area contributed by atoms with Crippen molar-refractivity contribution in [3.8, 4) is 0 Å². The fourth-order valence-corrected chi connectivity index (χ4v) is 8.03. The molecule has 27 heavy (non-hydrogen) atoms. The average molecular weight is 473 g/mol. The van der Waals surface area contributed by atoms with Crippen molar-refractivity contribution in [1.29, 1.82) is 0 Å². The first-order valence-corrected chi connectivity index (χ1v) is 19.5. The minimum absolute atomic E-state index is 0.0415. The number of nitrogens with two attached hydrogens (primary N) is 1. The van der Waals surface area contributed by atoms with E-state index in [1.165, 1.54) is 13.8 Å². The molecule has 3 aromatic rings. The Morgan fingerprint density at radius 1 is 1.15 bits per heavy atom. The first kappa shape index (κ1) is 20.0. The number of rotatable bonds is 5. The summed E-state index contributed by atoms with van der Waals surface area (Å²) in [6.07, 6.45) is 4.89. The van der Waals surface area contributed by atoms with Gasteiger partial charge in [0.25, 0.3) is 0 Å². The zero-order valence-electron chi connectivity index (χ0n) is 17.2. The van der Waals surface area contributed by atoms with Crippen molar-refractivity contribution in [3.05, 3.63) is 52.2 Å². The molecule has 0 saturated heterocycles. The number of nitrogens with zero attached hydrogens (tertiary/aromatic N) is 3. The zero-order chi connectivity index (χ0) is 19.9. The Bertz CT molecular complexity index is 1040. The van der Waals surface area contributed by atoms with Crippen molar-refractivity contribution in [2.75, 3.05) is 5.73 Å². The Balaban J connectivity index is 2.04. The molecular weight excluding hydrogens is 443 g/mol. The molecule has 0 atom stereocenters. The fourth-order valence-electron chi connectivity index (χ4n) is 3.55. The quantitative estimate of drug-likeness (QED) is 0.458. The number of nitrogen functional groups attached to an aromatic ring is 1. The van der Waals surface area contributed by atoms with Gasteiger partial charge in [0.05, 0.1) is 0 Å². The standard InChI is InChI=1S/C18H21N4O.3CH3.Sn/c1-12(2)8-17-15-10-22(9-13-4-6-14(19)7-5-13)11-16(15)18(23)21(3)20-17;;;;/h4-6,10-12H,8-9,19H2,1-3H3;3*1H3;. The molecular formula is C21H30N4OSn. The van der Waals surface area contributed by atoms with Crippen LogP contribution in [0.4, 0.5) is 5.69 Å². The topological polar surface area (TPSA) is 65.8 Å². The van der Waals surface area contributed by atoms with E-state index in [-0.39, 0.29) is 5.56 Å². The third-order valence-electron chi connectivity index (χ3n) is 4.88. The molecule has 0 unspecified atom stereocenters. The van der Waals surface area contributed by atoms with Gasteiger partial charge in [0, 0.05) is 0 Å². The monoisotopic (exact) mass is 474 g/mol. The Kier molecular flexibility index (Phi) is 5.43. The van der Waals surface area contributed by atoms with Gasteiger partial charge < -0.3 is 0 Å². The Labute approximate surface area is 165 Å². The van der Waals surface area contributed by atoms with Gasteiger partial charge in [-0.05, 0) is 0 Å². The van der Waals surface area contributed by atoms with Gasteiger partial charge in [0.15, 0.2) is 0 Å². The van der Waals surface area contributed by atoms with Crippen LogP contribution < -0.4 is 14.9 Å². The molecule has 1 aromatic carbocycles. The molecule has 0 bridgehead atoms. The van der Waals surface area contributed by atoms with Gasteiger partial charge in [0.2, 0.25) is 0 Å². The molecule has 0 saturated carbocycles. The molecule has 0 spiro atoms. The summed E-state index contributed by atoms with van der Waals surface area (Å²) in [5.41, 5.74) is 9.31. The van der Waals surface area contributed by atoms with Crippen molar-refractivity contribution in [2.45, 2.75) is 41.6 Å². The van der Waals surface area contributed by atoms with E-state index in [0.29, 0.717) is 5.92 Å². The van der Waals surface area contributed by atoms with Gasteiger partial charge in [-0.25, -0.2) is 0 Å². The van der Waals surface area contributed by atoms with E-state index in [1.807, 2.05) is 12.3 Å². The molecule has 0 amide bonds. The van der Waals surface area contributed by atoms with Crippen LogP contribution in [0.5, 0.6) is 0 Å². The number of aryl methyl sites for hydroxylation is 1. The molecule has 0 aliphatic rings. The number of anilines is 1. The van der Waals surface area contributed by atoms with Crippen LogP contribution >= 0.6 is 0 Å². The molecule has 2 aromatic heterocycles. The van der Waals surface area contributed by atoms with E-state index in [9.17, 15) is 4.79 Å². The molecule has 2 heterocycles. The Hall–Kier alpha value is -1.76. The second kappa shape index (κ2) is 7.34. The van der Waals surface area contributed by atoms with E-state index >= 15 is 0 Å². The summed E-state index contributed by atoms with van der Waals surface area (Å²) < 4.78 is 4.92. The van der Waals surface area contributed by atoms with E-state index in [4.69, 9.17) is 5.73 Å². The van der Waals surface area contributed by atoms with Gasteiger partial charge in [-0.2, -0.15) is 0 Å². The van der Waals surface area contributed by atoms with Crippen LogP contribution in [0.2, 0.25) is 14.8 Å². The number of fused-ring (bicyclic) bond motifs is 1. The molecule has 3 rings (SSSR count). The number of benzene rings is 1. The summed E-state index contributed by atoms with van der Waals surface area (Å²) in [6, 6.07) is 6.38. The van der Waals surface area contributed by atoms with Crippen LogP contribution in [0.1, 0.15) is 25.1 Å². The van der Waals surface area contributed by atoms with Gasteiger partial charge in [0.1, 0.15) is 0 Å². The second-order valence-electron chi connectivity index (χ2n) is 8.90. The summed E-state index contributed by atoms with van der Waals surface area (Å²) in [4.78, 5) is 19.7. The van der Waals surface area contributed by atoms with Crippen LogP contribution in [-0.2, 0) is 20.0 Å². The van der Waals surface area contributed by atoms with Crippen molar-refractivity contribution >= 4 is 38.4 Å². The third kappa shape index (κ3) is 4.23. The Morgan fingerprint density at radius 3 is 2.44 bits per heavy atom. The summed E-state index contributed by atoms with van der Waals surface area (Å²) in [6.45, 7) is 5.07. The molecule has 0 aliphatic carbocycles. The van der Waals surface area contributed by atoms with Gasteiger partial charge in [-0.1, -0.05) is 0 Å². The van der Waals surface area contributed by atoms with Gasteiger partial charge >= 0.3 is 165 Å². The van der Waals surface area contributed by atoms with E-state index < -0.39 is 18.4 Å². The maximum atomic E-state index is 12.5. The first-order valence-electron chi connectivity index (χ1n) is 9.51. The van der Waals surface area contributed by atoms with Crippen LogP contribution in [0.25, 0.3) is 10.8 Å². The van der Waals surface area contributed by atoms with Crippen molar-refractivity contribution < 1.29 is 0 Å². The molecule has 6 heteroatoms. The summed E-state index contributed by atoms with van der Waals surface area (Å²) in [5.74, 6) is 0.487. The van der Waals surface area contributed by atoms with E-state index in [1.54, 1.807) is 7.05 Å². The van der Waals surface area contributed by atoms with Crippen LogP contribution in [0.3, 0.4) is 0 Å². The van der Waals surface area contributed by atoms with Crippen LogP contribution in [0, 0.1) is 5.92 Å². The van der Waals surface area contributed by atoms with Crippen LogP contribution in [0.15, 0.2) is 35.4 Å². The Morgan fingerprint density at radius 2 is 1.81 bits per heavy atom. The van der Waals surface area contributed by atoms with Crippen LogP contribution in [-0.4, -0.2) is 32.7 Å². The zero-order valence-corrected chi connectivity index (χ0v) is 20.1. The number of aromatic nitrogens is 3. The van der Waals surface area contributed by atoms with Gasteiger partial charge in [-0.3, -0.25) is 0 Å². The molecule has 2 N–H and O–H groups in total. The summed E-state index contributed by atoms with van der Waals surface area (Å²) in [5, 5.41) is 6.22. The van der Waals surface area contributed by atoms with E-state index in [0.717, 1.165) is 35.1 Å². The molecule has 144 valence electrons. The average Bonchev–Trinajstić information content (AvgIpc) is 2.97. The van der Waals surface area contributed by atoms with Crippen molar-refractivity contribution in [3.63, 3.8) is 0 Å². The SMILES string of the molecule is CC(C)Cc1nn(C)c(=O)c2cn(Cc3ccc(N)[c]([Sn]([CH3])([CH3])[CH3])c3)cc12. The predicted octanol–water partition coefficient (Wildman–Crippen LogP) is 3.11. The third-order valence-corrected chi connectivity index (χ3v) is 10.7. The maximum absolute atomic E-state index is 12.5. The van der Waals surface area contributed by atoms with Gasteiger partial charge in [-0.15, -0.1) is 0 Å².